The Labute approximate surface area is 202 Å². The number of hydrogen-bond donors (Lipinski definition) is 1. The van der Waals surface area contributed by atoms with Gasteiger partial charge in [-0.05, 0) is 70.6 Å². The van der Waals surface area contributed by atoms with Crippen molar-refractivity contribution in [2.45, 2.75) is 90.3 Å². The summed E-state index contributed by atoms with van der Waals surface area (Å²) in [5, 5.41) is 3.81. The molecule has 0 aliphatic carbocycles. The number of hydrogen-bond acceptors (Lipinski definition) is 3. The average Bonchev–Trinajstić information content (AvgIpc) is 3.31. The van der Waals surface area contributed by atoms with Crippen molar-refractivity contribution in [3.63, 3.8) is 0 Å². The summed E-state index contributed by atoms with van der Waals surface area (Å²) in [6.45, 7) is 11.6. The molecule has 1 aromatic rings. The van der Waals surface area contributed by atoms with Gasteiger partial charge in [0, 0.05) is 11.1 Å². The molecular weight excluding hydrogens is 446 g/mol. The second-order valence-corrected chi connectivity index (χ2v) is 8.23. The zero-order chi connectivity index (χ0) is 26.1. The Morgan fingerprint density at radius 2 is 1.56 bits per heavy atom. The molecule has 0 aromatic heterocycles. The van der Waals surface area contributed by atoms with Crippen molar-refractivity contribution in [3.8, 4) is 18.1 Å². The van der Waals surface area contributed by atoms with Crippen molar-refractivity contribution in [2.75, 3.05) is 6.61 Å². The summed E-state index contributed by atoms with van der Waals surface area (Å²) in [4.78, 5) is 0. The molecule has 2 aliphatic heterocycles. The van der Waals surface area contributed by atoms with E-state index in [1.54, 1.807) is 19.1 Å². The average molecular weight is 486 g/mol. The number of terminal acetylenes is 1. The number of benzene rings is 1. The normalized spacial score (nSPS) is 22.3. The topological polar surface area (TPSA) is 30.5 Å². The standard InChI is InChI=1S/C18H24F3NO2.C4H8.C3H4.C2H3F/c1-2-7-16-8-10-17(22-16,11-9-16)13-23-12-14-3-5-15(6-4-14)24-18(19,20)21;1-3-4-2;1-3-2;1-2-3/h3-6,22H,2,7-13H2,1H3;3-4H,1-2H3;1H,2H3;2H,1H2/b;4-3-;;. The van der Waals surface area contributed by atoms with E-state index >= 15 is 0 Å². The molecule has 0 amide bonds. The lowest BCUT2D eigenvalue weighted by molar-refractivity contribution is -0.274. The zero-order valence-electron chi connectivity index (χ0n) is 20.8. The highest BCUT2D eigenvalue weighted by Gasteiger charge is 2.52. The molecule has 0 atom stereocenters. The Hall–Kier alpha value is -2.30. The monoisotopic (exact) mass is 485 g/mol. The summed E-state index contributed by atoms with van der Waals surface area (Å²) in [7, 11) is 0. The van der Waals surface area contributed by atoms with Gasteiger partial charge in [-0.25, -0.2) is 4.39 Å². The molecule has 2 bridgehead atoms. The van der Waals surface area contributed by atoms with E-state index in [9.17, 15) is 17.6 Å². The van der Waals surface area contributed by atoms with Crippen LogP contribution in [-0.2, 0) is 11.3 Å². The lowest BCUT2D eigenvalue weighted by Gasteiger charge is -2.25. The van der Waals surface area contributed by atoms with Crippen LogP contribution in [0.2, 0.25) is 0 Å². The van der Waals surface area contributed by atoms with Crippen LogP contribution in [0.1, 0.15) is 71.8 Å². The summed E-state index contributed by atoms with van der Waals surface area (Å²) < 4.78 is 56.2. The van der Waals surface area contributed by atoms with Crippen molar-refractivity contribution < 1.29 is 27.0 Å². The molecule has 2 saturated heterocycles. The Morgan fingerprint density at radius 1 is 1.09 bits per heavy atom. The molecule has 1 aromatic carbocycles. The summed E-state index contributed by atoms with van der Waals surface area (Å²) in [6, 6.07) is 5.86. The number of ether oxygens (including phenoxy) is 2. The predicted octanol–water partition coefficient (Wildman–Crippen LogP) is 7.88. The third-order valence-corrected chi connectivity index (χ3v) is 5.56. The molecule has 3 rings (SSSR count). The lowest BCUT2D eigenvalue weighted by atomic mass is 9.80. The second kappa shape index (κ2) is 16.3. The number of rotatable bonds is 7. The first-order valence-corrected chi connectivity index (χ1v) is 11.5. The molecule has 0 saturated carbocycles. The molecule has 0 unspecified atom stereocenters. The van der Waals surface area contributed by atoms with Crippen molar-refractivity contribution in [1.82, 2.24) is 5.32 Å². The van der Waals surface area contributed by atoms with E-state index in [0.717, 1.165) is 18.4 Å². The molecule has 1 N–H and O–H groups in total. The first kappa shape index (κ1) is 31.7. The molecule has 0 radical (unpaired) electrons. The number of nitrogens with one attached hydrogen (secondary N) is 1. The first-order chi connectivity index (χ1) is 16.1. The summed E-state index contributed by atoms with van der Waals surface area (Å²) in [5.74, 6) is 2.04. The van der Waals surface area contributed by atoms with Crippen LogP contribution in [0, 0.1) is 12.3 Å². The molecule has 0 spiro atoms. The quantitative estimate of drug-likeness (QED) is 0.242. The SMILES string of the molecule is C#CC.C/C=C\C.C=CF.CCCC12CCC(COCc3ccc(OC(F)(F)F)cc3)(CC1)N2. The maximum atomic E-state index is 12.1. The van der Waals surface area contributed by atoms with Gasteiger partial charge in [-0.1, -0.05) is 44.2 Å². The maximum absolute atomic E-state index is 12.1. The zero-order valence-corrected chi connectivity index (χ0v) is 20.8. The fraction of sp³-hybridized carbons (Fsp3) is 0.556. The first-order valence-electron chi connectivity index (χ1n) is 11.5. The van der Waals surface area contributed by atoms with Crippen molar-refractivity contribution in [1.29, 1.82) is 0 Å². The summed E-state index contributed by atoms with van der Waals surface area (Å²) in [5.41, 5.74) is 1.25. The minimum atomic E-state index is -4.65. The summed E-state index contributed by atoms with van der Waals surface area (Å²) >= 11 is 0. The lowest BCUT2D eigenvalue weighted by Crippen LogP contribution is -2.45. The molecule has 2 heterocycles. The molecule has 3 nitrogen and oxygen atoms in total. The van der Waals surface area contributed by atoms with Gasteiger partial charge in [0.15, 0.2) is 0 Å². The van der Waals surface area contributed by atoms with Crippen LogP contribution in [0.15, 0.2) is 49.3 Å². The van der Waals surface area contributed by atoms with Gasteiger partial charge in [-0.3, -0.25) is 0 Å². The van der Waals surface area contributed by atoms with E-state index in [4.69, 9.17) is 4.74 Å². The Bertz CT molecular complexity index is 739. The largest absolute Gasteiger partial charge is 0.573 e. The van der Waals surface area contributed by atoms with E-state index < -0.39 is 6.36 Å². The van der Waals surface area contributed by atoms with Gasteiger partial charge < -0.3 is 14.8 Å². The Morgan fingerprint density at radius 3 is 1.97 bits per heavy atom. The van der Waals surface area contributed by atoms with Crippen LogP contribution in [0.5, 0.6) is 5.75 Å². The van der Waals surface area contributed by atoms with Crippen LogP contribution in [0.3, 0.4) is 0 Å². The molecule has 7 heteroatoms. The van der Waals surface area contributed by atoms with Gasteiger partial charge in [-0.15, -0.1) is 25.5 Å². The van der Waals surface area contributed by atoms with Crippen molar-refractivity contribution in [3.05, 3.63) is 54.9 Å². The second-order valence-electron chi connectivity index (χ2n) is 8.23. The Kier molecular flexibility index (Phi) is 15.2. The highest BCUT2D eigenvalue weighted by atomic mass is 19.4. The van der Waals surface area contributed by atoms with Crippen molar-refractivity contribution >= 4 is 0 Å². The number of fused-ring (bicyclic) bond motifs is 2. The Balaban J connectivity index is 0.000000934. The van der Waals surface area contributed by atoms with Gasteiger partial charge >= 0.3 is 6.36 Å². The minimum absolute atomic E-state index is 0.0918. The third kappa shape index (κ3) is 12.2. The minimum Gasteiger partial charge on any atom is -0.406 e. The number of alkyl halides is 3. The fourth-order valence-electron chi connectivity index (χ4n) is 4.14. The van der Waals surface area contributed by atoms with E-state index in [-0.39, 0.29) is 17.6 Å². The molecular formula is C27H39F4NO2. The smallest absolute Gasteiger partial charge is 0.406 e. The highest BCUT2D eigenvalue weighted by Crippen LogP contribution is 2.47. The van der Waals surface area contributed by atoms with Gasteiger partial charge in [0.1, 0.15) is 5.75 Å². The van der Waals surface area contributed by atoms with Crippen LogP contribution < -0.4 is 10.1 Å². The van der Waals surface area contributed by atoms with E-state index in [0.29, 0.717) is 18.8 Å². The van der Waals surface area contributed by atoms with Gasteiger partial charge in [-0.2, -0.15) is 0 Å². The maximum Gasteiger partial charge on any atom is 0.573 e. The molecule has 34 heavy (non-hydrogen) atoms. The van der Waals surface area contributed by atoms with E-state index in [1.807, 2.05) is 26.0 Å². The summed E-state index contributed by atoms with van der Waals surface area (Å²) in [6.07, 6.45) is 11.3. The van der Waals surface area contributed by atoms with E-state index in [2.05, 4.69) is 35.9 Å². The molecule has 192 valence electrons. The molecule has 2 aliphatic rings. The van der Waals surface area contributed by atoms with Crippen LogP contribution >= 0.6 is 0 Å². The van der Waals surface area contributed by atoms with E-state index in [1.165, 1.54) is 37.8 Å². The van der Waals surface area contributed by atoms with Gasteiger partial charge in [0.2, 0.25) is 0 Å². The van der Waals surface area contributed by atoms with Crippen LogP contribution in [-0.4, -0.2) is 24.0 Å². The van der Waals surface area contributed by atoms with Crippen molar-refractivity contribution in [2.24, 2.45) is 0 Å². The van der Waals surface area contributed by atoms with Crippen LogP contribution in [0.25, 0.3) is 0 Å². The molecule has 2 fully saturated rings. The number of halogens is 4. The van der Waals surface area contributed by atoms with Crippen LogP contribution in [0.4, 0.5) is 17.6 Å². The van der Waals surface area contributed by atoms with Gasteiger partial charge in [0.25, 0.3) is 0 Å². The predicted molar refractivity (Wildman–Crippen MR) is 131 cm³/mol. The fourth-order valence-corrected chi connectivity index (χ4v) is 4.14. The number of allylic oxidation sites excluding steroid dienone is 2. The third-order valence-electron chi connectivity index (χ3n) is 5.56. The highest BCUT2D eigenvalue weighted by molar-refractivity contribution is 5.27. The van der Waals surface area contributed by atoms with Gasteiger partial charge in [0.05, 0.1) is 19.5 Å².